The third-order valence-electron chi connectivity index (χ3n) is 9.07. The van der Waals surface area contributed by atoms with Crippen LogP contribution in [0, 0.1) is 13.8 Å². The van der Waals surface area contributed by atoms with Crippen LogP contribution in [0.2, 0.25) is 0 Å². The third kappa shape index (κ3) is 7.59. The summed E-state index contributed by atoms with van der Waals surface area (Å²) in [6.07, 6.45) is -10.1. The fourth-order valence-corrected chi connectivity index (χ4v) is 6.55. The van der Waals surface area contributed by atoms with Crippen LogP contribution in [-0.4, -0.2) is 47.8 Å². The van der Waals surface area contributed by atoms with Crippen molar-refractivity contribution in [3.05, 3.63) is 115 Å². The summed E-state index contributed by atoms with van der Waals surface area (Å²) in [5.41, 5.74) is -2.45. The first-order chi connectivity index (χ1) is 27.4. The lowest BCUT2D eigenvalue weighted by Gasteiger charge is -2.15. The van der Waals surface area contributed by atoms with Crippen molar-refractivity contribution in [2.45, 2.75) is 39.9 Å². The maximum atomic E-state index is 13.7. The molecule has 7 rings (SSSR count). The molecule has 0 saturated heterocycles. The minimum absolute atomic E-state index is 0.00536. The number of hydrogen-bond acceptors (Lipinski definition) is 10. The van der Waals surface area contributed by atoms with Crippen LogP contribution < -0.4 is 20.6 Å². The van der Waals surface area contributed by atoms with Crippen LogP contribution in [0.4, 0.5) is 26.3 Å². The summed E-state index contributed by atoms with van der Waals surface area (Å²) in [6, 6.07) is 14.2. The standard InChI is InChI=1S/C40H28F6N2O10/c1-4-53-37(51)29-27(21-8-7-9-22(17-21)57-39(41,42)43)33-32(48-35(29)49)24-16-20(12-13-25(24)56-33)14-15-54-38(52)30-28(23-10-5-6-11-26(23)58-40(44,45)46)34-31(47-36(30)50)18(2)19(3)55-34/h5-13,16-17H,4,14-15H2,1-3H3,(H,47,50)(H,48,49). The zero-order valence-corrected chi connectivity index (χ0v) is 30.3. The average Bonchev–Trinajstić information content (AvgIpc) is 3.64. The minimum Gasteiger partial charge on any atom is -0.462 e. The summed E-state index contributed by atoms with van der Waals surface area (Å²) in [4.78, 5) is 58.7. The molecule has 0 unspecified atom stereocenters. The molecule has 0 atom stereocenters. The molecule has 0 aliphatic heterocycles. The van der Waals surface area contributed by atoms with Crippen LogP contribution in [0.15, 0.2) is 85.2 Å². The molecule has 2 N–H and O–H groups in total. The number of carbonyl (C=O) groups is 2. The highest BCUT2D eigenvalue weighted by atomic mass is 19.4. The van der Waals surface area contributed by atoms with Gasteiger partial charge in [0, 0.05) is 28.5 Å². The van der Waals surface area contributed by atoms with Gasteiger partial charge in [0.15, 0.2) is 11.2 Å². The molecule has 0 aliphatic carbocycles. The Balaban J connectivity index is 1.24. The van der Waals surface area contributed by atoms with E-state index in [4.69, 9.17) is 18.3 Å². The van der Waals surface area contributed by atoms with E-state index in [1.165, 1.54) is 43.3 Å². The fourth-order valence-electron chi connectivity index (χ4n) is 6.55. The molecule has 12 nitrogen and oxygen atoms in total. The summed E-state index contributed by atoms with van der Waals surface area (Å²) in [5, 5.41) is 0.310. The van der Waals surface area contributed by atoms with Crippen molar-refractivity contribution in [3.8, 4) is 33.8 Å². The maximum Gasteiger partial charge on any atom is 0.573 e. The molecule has 0 amide bonds. The number of alkyl halides is 6. The Morgan fingerprint density at radius 1 is 0.724 bits per heavy atom. The minimum atomic E-state index is -5.11. The van der Waals surface area contributed by atoms with E-state index >= 15 is 0 Å². The van der Waals surface area contributed by atoms with Gasteiger partial charge in [-0.25, -0.2) is 9.59 Å². The summed E-state index contributed by atoms with van der Waals surface area (Å²) in [7, 11) is 0. The highest BCUT2D eigenvalue weighted by Crippen LogP contribution is 2.41. The van der Waals surface area contributed by atoms with Gasteiger partial charge in [0.25, 0.3) is 11.1 Å². The quantitative estimate of drug-likeness (QED) is 0.101. The number of aromatic amines is 2. The first-order valence-corrected chi connectivity index (χ1v) is 17.3. The van der Waals surface area contributed by atoms with Crippen molar-refractivity contribution in [1.82, 2.24) is 9.97 Å². The number of fused-ring (bicyclic) bond motifs is 4. The van der Waals surface area contributed by atoms with Gasteiger partial charge in [-0.15, -0.1) is 26.3 Å². The molecule has 300 valence electrons. The molecule has 4 heterocycles. The molecular weight excluding hydrogens is 782 g/mol. The number of furan rings is 2. The Labute approximate surface area is 320 Å². The van der Waals surface area contributed by atoms with Gasteiger partial charge in [0.05, 0.1) is 29.8 Å². The van der Waals surface area contributed by atoms with E-state index in [1.54, 1.807) is 26.0 Å². The molecule has 3 aromatic carbocycles. The van der Waals surface area contributed by atoms with Gasteiger partial charge in [-0.05, 0) is 62.2 Å². The first-order valence-electron chi connectivity index (χ1n) is 17.3. The van der Waals surface area contributed by atoms with E-state index in [-0.39, 0.29) is 69.7 Å². The number of aryl methyl sites for hydroxylation is 2. The molecule has 0 aliphatic rings. The number of pyridine rings is 2. The summed E-state index contributed by atoms with van der Waals surface area (Å²) < 4.78 is 110. The lowest BCUT2D eigenvalue weighted by Crippen LogP contribution is -2.23. The number of para-hydroxylation sites is 1. The van der Waals surface area contributed by atoms with Crippen LogP contribution in [0.1, 0.15) is 44.5 Å². The van der Waals surface area contributed by atoms with Crippen molar-refractivity contribution in [3.63, 3.8) is 0 Å². The van der Waals surface area contributed by atoms with Gasteiger partial charge in [0.2, 0.25) is 0 Å². The zero-order valence-electron chi connectivity index (χ0n) is 30.3. The van der Waals surface area contributed by atoms with E-state index in [0.717, 1.165) is 18.2 Å². The second kappa shape index (κ2) is 14.8. The number of aromatic nitrogens is 2. The predicted molar refractivity (Wildman–Crippen MR) is 195 cm³/mol. The number of halogens is 6. The number of benzene rings is 3. The maximum absolute atomic E-state index is 13.7. The normalized spacial score (nSPS) is 12.0. The molecule has 0 fully saturated rings. The van der Waals surface area contributed by atoms with Crippen molar-refractivity contribution in [1.29, 1.82) is 0 Å². The van der Waals surface area contributed by atoms with Crippen LogP contribution in [0.5, 0.6) is 11.5 Å². The van der Waals surface area contributed by atoms with E-state index in [0.29, 0.717) is 22.3 Å². The number of rotatable bonds is 10. The molecule has 0 spiro atoms. The second-order valence-electron chi connectivity index (χ2n) is 12.8. The van der Waals surface area contributed by atoms with Gasteiger partial charge in [0.1, 0.15) is 34.0 Å². The number of hydrogen-bond donors (Lipinski definition) is 2. The summed E-state index contributed by atoms with van der Waals surface area (Å²) >= 11 is 0. The second-order valence-corrected chi connectivity index (χ2v) is 12.8. The first kappa shape index (κ1) is 39.3. The zero-order chi connectivity index (χ0) is 41.7. The van der Waals surface area contributed by atoms with E-state index in [2.05, 4.69) is 19.4 Å². The molecule has 58 heavy (non-hydrogen) atoms. The van der Waals surface area contributed by atoms with Gasteiger partial charge in [-0.3, -0.25) is 9.59 Å². The lowest BCUT2D eigenvalue weighted by atomic mass is 9.98. The molecule has 0 saturated carbocycles. The van der Waals surface area contributed by atoms with Crippen LogP contribution in [0.25, 0.3) is 55.4 Å². The van der Waals surface area contributed by atoms with Gasteiger partial charge in [-0.2, -0.15) is 0 Å². The largest absolute Gasteiger partial charge is 0.573 e. The number of esters is 2. The topological polar surface area (TPSA) is 163 Å². The van der Waals surface area contributed by atoms with E-state index in [1.807, 2.05) is 0 Å². The smallest absolute Gasteiger partial charge is 0.462 e. The number of carbonyl (C=O) groups excluding carboxylic acids is 2. The van der Waals surface area contributed by atoms with Crippen molar-refractivity contribution < 1.29 is 63.7 Å². The van der Waals surface area contributed by atoms with Crippen LogP contribution in [-0.2, 0) is 15.9 Å². The fraction of sp³-hybridized carbons (Fsp3) is 0.200. The van der Waals surface area contributed by atoms with Crippen molar-refractivity contribution >= 4 is 45.1 Å². The number of ether oxygens (including phenoxy) is 4. The van der Waals surface area contributed by atoms with Crippen LogP contribution >= 0.6 is 0 Å². The van der Waals surface area contributed by atoms with Crippen molar-refractivity contribution in [2.75, 3.05) is 13.2 Å². The Bertz CT molecular complexity index is 2880. The predicted octanol–water partition coefficient (Wildman–Crippen LogP) is 9.03. The van der Waals surface area contributed by atoms with Gasteiger partial charge < -0.3 is 37.7 Å². The third-order valence-corrected chi connectivity index (χ3v) is 9.07. The van der Waals surface area contributed by atoms with Gasteiger partial charge >= 0.3 is 24.7 Å². The Morgan fingerprint density at radius 3 is 2.09 bits per heavy atom. The van der Waals surface area contributed by atoms with E-state index < -0.39 is 58.4 Å². The number of nitrogens with one attached hydrogen (secondary N) is 2. The Hall–Kier alpha value is -6.98. The molecule has 4 aromatic heterocycles. The monoisotopic (exact) mass is 810 g/mol. The van der Waals surface area contributed by atoms with E-state index in [9.17, 15) is 45.5 Å². The molecule has 7 aromatic rings. The SMILES string of the molecule is CCOC(=O)c1c(-c2cccc(OC(F)(F)F)c2)c2oc3ccc(CCOC(=O)c4c(-c5ccccc5OC(F)(F)F)c5oc(C)c(C)c5[nH]c4=O)cc3c2[nH]c1=O. The lowest BCUT2D eigenvalue weighted by molar-refractivity contribution is -0.275. The number of H-pyrrole nitrogens is 2. The molecule has 18 heteroatoms. The Kier molecular flexibility index (Phi) is 10.0. The highest BCUT2D eigenvalue weighted by molar-refractivity contribution is 6.12. The summed E-state index contributed by atoms with van der Waals surface area (Å²) in [6.45, 7) is 4.24. The van der Waals surface area contributed by atoms with Crippen molar-refractivity contribution in [2.24, 2.45) is 0 Å². The van der Waals surface area contributed by atoms with Gasteiger partial charge in [-0.1, -0.05) is 36.4 Å². The Morgan fingerprint density at radius 2 is 1.38 bits per heavy atom. The molecule has 0 radical (unpaired) electrons. The average molecular weight is 811 g/mol. The summed E-state index contributed by atoms with van der Waals surface area (Å²) in [5.74, 6) is -3.22. The molecule has 0 bridgehead atoms. The highest BCUT2D eigenvalue weighted by Gasteiger charge is 2.35. The molecular formula is C40H28F6N2O10. The van der Waals surface area contributed by atoms with Crippen LogP contribution in [0.3, 0.4) is 0 Å².